The number of nitrogens with one attached hydrogen (secondary N) is 2. The molecule has 2 aromatic heterocycles. The van der Waals surface area contributed by atoms with Crippen LogP contribution in [-0.4, -0.2) is 25.1 Å². The number of halogens is 2. The van der Waals surface area contributed by atoms with Crippen LogP contribution in [0.25, 0.3) is 16.5 Å². The standard InChI is InChI=1S/C5HBr2N7/c6-4-9-1(2(10-4)12-8)3-11-5(7)14-13-3/h8H/p+1. The van der Waals surface area contributed by atoms with Crippen LogP contribution >= 0.6 is 31.9 Å². The highest BCUT2D eigenvalue weighted by Crippen LogP contribution is 2.27. The molecular weight excluding hydrogens is 318 g/mol. The zero-order chi connectivity index (χ0) is 10.1. The number of H-pyrrole nitrogens is 2. The maximum atomic E-state index is 8.64. The summed E-state index contributed by atoms with van der Waals surface area (Å²) in [6.07, 6.45) is 0. The van der Waals surface area contributed by atoms with E-state index in [2.05, 4.69) is 62.0 Å². The van der Waals surface area contributed by atoms with Gasteiger partial charge in [-0.2, -0.15) is 10.1 Å². The van der Waals surface area contributed by atoms with Gasteiger partial charge in [-0.1, -0.05) is 0 Å². The van der Waals surface area contributed by atoms with Crippen molar-refractivity contribution in [3.63, 3.8) is 0 Å². The molecule has 0 aliphatic carbocycles. The Bertz CT molecular complexity index is 506. The summed E-state index contributed by atoms with van der Waals surface area (Å²) in [7, 11) is 0. The maximum absolute atomic E-state index is 8.64. The molecular formula is C5H2Br2N7+. The van der Waals surface area contributed by atoms with E-state index >= 15 is 0 Å². The molecule has 0 amide bonds. The van der Waals surface area contributed by atoms with Crippen molar-refractivity contribution in [3.05, 3.63) is 14.4 Å². The minimum Gasteiger partial charge on any atom is -0.302 e. The van der Waals surface area contributed by atoms with Crippen LogP contribution in [0, 0.1) is 5.39 Å². The second-order valence-corrected chi connectivity index (χ2v) is 3.78. The molecule has 2 heterocycles. The van der Waals surface area contributed by atoms with Crippen molar-refractivity contribution in [1.29, 1.82) is 5.39 Å². The van der Waals surface area contributed by atoms with Crippen LogP contribution in [0.15, 0.2) is 9.47 Å². The van der Waals surface area contributed by atoms with E-state index in [1.165, 1.54) is 0 Å². The monoisotopic (exact) mass is 318 g/mol. The van der Waals surface area contributed by atoms with Crippen molar-refractivity contribution in [1.82, 2.24) is 25.1 Å². The first-order chi connectivity index (χ1) is 6.70. The van der Waals surface area contributed by atoms with E-state index in [4.69, 9.17) is 5.39 Å². The second-order valence-electron chi connectivity index (χ2n) is 2.28. The van der Waals surface area contributed by atoms with Gasteiger partial charge in [-0.3, -0.25) is 5.10 Å². The van der Waals surface area contributed by atoms with E-state index in [-0.39, 0.29) is 5.82 Å². The lowest BCUT2D eigenvalue weighted by Crippen LogP contribution is -1.80. The van der Waals surface area contributed by atoms with Crippen molar-refractivity contribution in [2.75, 3.05) is 0 Å². The Morgan fingerprint density at radius 2 is 2.00 bits per heavy atom. The van der Waals surface area contributed by atoms with Gasteiger partial charge in [0.2, 0.25) is 11.5 Å². The highest BCUT2D eigenvalue weighted by atomic mass is 79.9. The number of hydrogen-bond donors (Lipinski definition) is 2. The smallest absolute Gasteiger partial charge is 0.302 e. The van der Waals surface area contributed by atoms with Crippen LogP contribution in [0.5, 0.6) is 0 Å². The average molecular weight is 320 g/mol. The number of diazo groups is 1. The molecule has 7 nitrogen and oxygen atoms in total. The summed E-state index contributed by atoms with van der Waals surface area (Å²) in [5, 5.41) is 15.1. The number of nitrogens with zero attached hydrogens (tertiary/aromatic N) is 5. The average Bonchev–Trinajstić information content (AvgIpc) is 2.71. The first-order valence-corrected chi connectivity index (χ1v) is 4.98. The van der Waals surface area contributed by atoms with Crippen molar-refractivity contribution in [2.45, 2.75) is 0 Å². The number of hydrogen-bond acceptors (Lipinski definition) is 4. The fourth-order valence-corrected chi connectivity index (χ4v) is 1.54. The lowest BCUT2D eigenvalue weighted by atomic mass is 10.4. The first-order valence-electron chi connectivity index (χ1n) is 3.39. The molecule has 2 rings (SSSR count). The third kappa shape index (κ3) is 1.53. The van der Waals surface area contributed by atoms with Crippen LogP contribution in [0.3, 0.4) is 0 Å². The van der Waals surface area contributed by atoms with Gasteiger partial charge in [0, 0.05) is 25.9 Å². The highest BCUT2D eigenvalue weighted by molar-refractivity contribution is 9.10. The van der Waals surface area contributed by atoms with E-state index in [1.54, 1.807) is 0 Å². The van der Waals surface area contributed by atoms with Crippen molar-refractivity contribution < 1.29 is 0 Å². The molecule has 0 unspecified atom stereocenters. The van der Waals surface area contributed by atoms with Crippen molar-refractivity contribution in [3.8, 4) is 11.5 Å². The van der Waals surface area contributed by atoms with E-state index < -0.39 is 0 Å². The zero-order valence-electron chi connectivity index (χ0n) is 6.49. The molecule has 0 radical (unpaired) electrons. The van der Waals surface area contributed by atoms with Gasteiger partial charge in [0.15, 0.2) is 4.73 Å². The Labute approximate surface area is 94.2 Å². The topological polar surface area (TPSA) is 98.4 Å². The predicted octanol–water partition coefficient (Wildman–Crippen LogP) is 2.20. The summed E-state index contributed by atoms with van der Waals surface area (Å²) in [4.78, 5) is 13.6. The summed E-state index contributed by atoms with van der Waals surface area (Å²) in [5.74, 6) is 0.492. The van der Waals surface area contributed by atoms with Crippen LogP contribution in [0.2, 0.25) is 0 Å². The van der Waals surface area contributed by atoms with Crippen molar-refractivity contribution >= 4 is 37.7 Å². The number of rotatable bonds is 1. The summed E-state index contributed by atoms with van der Waals surface area (Å²) < 4.78 is 0.934. The Morgan fingerprint density at radius 3 is 2.57 bits per heavy atom. The van der Waals surface area contributed by atoms with Gasteiger partial charge in [0.25, 0.3) is 4.73 Å². The van der Waals surface area contributed by atoms with E-state index in [0.717, 1.165) is 0 Å². The third-order valence-electron chi connectivity index (χ3n) is 1.43. The van der Waals surface area contributed by atoms with Gasteiger partial charge >= 0.3 is 5.82 Å². The van der Waals surface area contributed by atoms with Gasteiger partial charge in [-0.05, 0) is 15.9 Å². The molecule has 0 aromatic carbocycles. The Balaban J connectivity index is 2.56. The van der Waals surface area contributed by atoms with E-state index in [1.807, 2.05) is 0 Å². The normalized spacial score (nSPS) is 10.1. The Hall–Kier alpha value is -1.27. The highest BCUT2D eigenvalue weighted by Gasteiger charge is 2.25. The van der Waals surface area contributed by atoms with Gasteiger partial charge in [-0.15, -0.1) is 0 Å². The molecule has 0 atom stereocenters. The molecule has 0 aliphatic heterocycles. The Morgan fingerprint density at radius 1 is 1.21 bits per heavy atom. The molecule has 2 N–H and O–H groups in total. The van der Waals surface area contributed by atoms with Crippen LogP contribution in [0.4, 0.5) is 5.82 Å². The fraction of sp³-hybridized carbons (Fsp3) is 0. The van der Waals surface area contributed by atoms with E-state index in [0.29, 0.717) is 21.0 Å². The fourth-order valence-electron chi connectivity index (χ4n) is 0.918. The molecule has 2 aromatic rings. The number of aromatic nitrogens is 5. The third-order valence-corrected chi connectivity index (χ3v) is 2.16. The largest absolute Gasteiger partial charge is 0.494 e. The van der Waals surface area contributed by atoms with E-state index in [9.17, 15) is 0 Å². The molecule has 70 valence electrons. The molecule has 0 saturated carbocycles. The summed E-state index contributed by atoms with van der Waals surface area (Å²) >= 11 is 6.23. The molecule has 0 fully saturated rings. The maximum Gasteiger partial charge on any atom is 0.494 e. The van der Waals surface area contributed by atoms with Crippen LogP contribution in [-0.2, 0) is 0 Å². The van der Waals surface area contributed by atoms with Crippen molar-refractivity contribution in [2.24, 2.45) is 0 Å². The summed E-state index contributed by atoms with van der Waals surface area (Å²) in [5.41, 5.74) is 0.432. The minimum atomic E-state index is 0.128. The van der Waals surface area contributed by atoms with Crippen LogP contribution < -0.4 is 0 Å². The molecule has 0 aliphatic rings. The molecule has 0 saturated heterocycles. The zero-order valence-corrected chi connectivity index (χ0v) is 9.66. The molecule has 0 bridgehead atoms. The summed E-state index contributed by atoms with van der Waals surface area (Å²) in [6, 6.07) is 0. The molecule has 9 heteroatoms. The summed E-state index contributed by atoms with van der Waals surface area (Å²) in [6.45, 7) is 0. The quantitative estimate of drug-likeness (QED) is 0.787. The lowest BCUT2D eigenvalue weighted by molar-refractivity contribution is 1.07. The lowest BCUT2D eigenvalue weighted by Gasteiger charge is -1.80. The minimum absolute atomic E-state index is 0.128. The number of imidazole rings is 1. The number of aromatic amines is 2. The van der Waals surface area contributed by atoms with Gasteiger partial charge in [0.05, 0.1) is 5.39 Å². The second kappa shape index (κ2) is 3.47. The van der Waals surface area contributed by atoms with Crippen LogP contribution in [0.1, 0.15) is 0 Å². The van der Waals surface area contributed by atoms with Gasteiger partial charge < -0.3 is 4.98 Å². The Kier molecular flexibility index (Phi) is 2.30. The van der Waals surface area contributed by atoms with Gasteiger partial charge in [-0.25, -0.2) is 0 Å². The SMILES string of the molecule is N#[N+]c1nc(Br)[nH]c1-c1n[nH]c(Br)n1. The first kappa shape index (κ1) is 9.29. The molecule has 0 spiro atoms. The molecule has 14 heavy (non-hydrogen) atoms. The predicted molar refractivity (Wildman–Crippen MR) is 54.1 cm³/mol. The van der Waals surface area contributed by atoms with Gasteiger partial charge in [0.1, 0.15) is 0 Å².